The first-order valence-corrected chi connectivity index (χ1v) is 7.94. The summed E-state index contributed by atoms with van der Waals surface area (Å²) in [6.07, 6.45) is 0.792. The van der Waals surface area contributed by atoms with Crippen molar-refractivity contribution in [3.8, 4) is 0 Å². The molecule has 1 rings (SSSR count). The Morgan fingerprint density at radius 3 is 2.41 bits per heavy atom. The lowest BCUT2D eigenvalue weighted by Gasteiger charge is -2.28. The van der Waals surface area contributed by atoms with Gasteiger partial charge in [-0.2, -0.15) is 0 Å². The average Bonchev–Trinajstić information content (AvgIpc) is 2.27. The van der Waals surface area contributed by atoms with Crippen LogP contribution in [0, 0.1) is 0 Å². The molecule has 102 valence electrons. The average molecular weight is 263 g/mol. The molecule has 0 aromatic heterocycles. The topological polar surface area (TPSA) is 61.4 Å². The Morgan fingerprint density at radius 1 is 1.29 bits per heavy atom. The lowest BCUT2D eigenvalue weighted by Crippen LogP contribution is -2.48. The van der Waals surface area contributed by atoms with Gasteiger partial charge < -0.3 is 5.32 Å². The van der Waals surface area contributed by atoms with Crippen LogP contribution in [0.2, 0.25) is 0 Å². The van der Waals surface area contributed by atoms with E-state index in [1.165, 1.54) is 0 Å². The molecule has 2 N–H and O–H groups in total. The Kier molecular flexibility index (Phi) is 5.37. The van der Waals surface area contributed by atoms with Crippen molar-refractivity contribution >= 4 is 10.0 Å². The number of piperazine rings is 1. The van der Waals surface area contributed by atoms with Crippen LogP contribution in [0.15, 0.2) is 0 Å². The van der Waals surface area contributed by atoms with Crippen molar-refractivity contribution in [1.29, 1.82) is 0 Å². The Hall–Kier alpha value is -0.170. The number of nitrogens with zero attached hydrogens (tertiary/aromatic N) is 1. The molecular formula is C11H25N3O2S. The zero-order valence-electron chi connectivity index (χ0n) is 11.1. The molecule has 0 saturated carbocycles. The molecule has 6 heteroatoms. The predicted octanol–water partition coefficient (Wildman–Crippen LogP) is -0.000400. The van der Waals surface area contributed by atoms with Gasteiger partial charge in [-0.25, -0.2) is 13.1 Å². The third-order valence-corrected chi connectivity index (χ3v) is 4.79. The van der Waals surface area contributed by atoms with Crippen molar-refractivity contribution in [2.24, 2.45) is 0 Å². The summed E-state index contributed by atoms with van der Waals surface area (Å²) in [5.74, 6) is 0.191. The van der Waals surface area contributed by atoms with Crippen molar-refractivity contribution in [2.45, 2.75) is 32.7 Å². The maximum absolute atomic E-state index is 11.9. The third-order valence-electron chi connectivity index (χ3n) is 3.20. The third kappa shape index (κ3) is 5.81. The summed E-state index contributed by atoms with van der Waals surface area (Å²) in [5, 5.41) is 3.25. The molecule has 0 bridgehead atoms. The Bertz CT molecular complexity index is 322. The zero-order chi connectivity index (χ0) is 12.9. The summed E-state index contributed by atoms with van der Waals surface area (Å²) in [6, 6.07) is 0. The Balaban J connectivity index is 2.38. The minimum atomic E-state index is -3.16. The van der Waals surface area contributed by atoms with Gasteiger partial charge in [0.15, 0.2) is 0 Å². The standard InChI is InChI=1S/C11H25N3O2S/c1-4-11(2,3)13-17(15,16)10-9-14-7-5-12-6-8-14/h12-13H,4-10H2,1-3H3. The molecule has 0 aromatic carbocycles. The van der Waals surface area contributed by atoms with E-state index in [0.29, 0.717) is 6.54 Å². The van der Waals surface area contributed by atoms with Gasteiger partial charge in [-0.1, -0.05) is 6.92 Å². The lowest BCUT2D eigenvalue weighted by atomic mass is 10.0. The van der Waals surface area contributed by atoms with Gasteiger partial charge in [0.2, 0.25) is 10.0 Å². The fourth-order valence-electron chi connectivity index (χ4n) is 1.73. The van der Waals surface area contributed by atoms with E-state index in [1.54, 1.807) is 0 Å². The summed E-state index contributed by atoms with van der Waals surface area (Å²) in [6.45, 7) is 10.2. The van der Waals surface area contributed by atoms with Gasteiger partial charge in [0, 0.05) is 38.3 Å². The van der Waals surface area contributed by atoms with Crippen LogP contribution in [-0.4, -0.2) is 57.3 Å². The van der Waals surface area contributed by atoms with E-state index >= 15 is 0 Å². The first kappa shape index (κ1) is 14.9. The van der Waals surface area contributed by atoms with Crippen molar-refractivity contribution in [2.75, 3.05) is 38.5 Å². The summed E-state index contributed by atoms with van der Waals surface area (Å²) in [7, 11) is -3.16. The number of hydrogen-bond acceptors (Lipinski definition) is 4. The highest BCUT2D eigenvalue weighted by Gasteiger charge is 2.23. The van der Waals surface area contributed by atoms with Crippen molar-refractivity contribution in [3.05, 3.63) is 0 Å². The highest BCUT2D eigenvalue weighted by atomic mass is 32.2. The van der Waals surface area contributed by atoms with Gasteiger partial charge in [-0.15, -0.1) is 0 Å². The Morgan fingerprint density at radius 2 is 1.88 bits per heavy atom. The van der Waals surface area contributed by atoms with E-state index in [2.05, 4.69) is 14.9 Å². The maximum atomic E-state index is 11.9. The van der Waals surface area contributed by atoms with Crippen LogP contribution in [0.25, 0.3) is 0 Å². The van der Waals surface area contributed by atoms with Gasteiger partial charge in [-0.05, 0) is 20.3 Å². The quantitative estimate of drug-likeness (QED) is 0.708. The second kappa shape index (κ2) is 6.13. The van der Waals surface area contributed by atoms with E-state index in [9.17, 15) is 8.42 Å². The molecule has 5 nitrogen and oxygen atoms in total. The predicted molar refractivity (Wildman–Crippen MR) is 70.6 cm³/mol. The second-order valence-electron chi connectivity index (χ2n) is 5.25. The monoisotopic (exact) mass is 263 g/mol. The number of hydrogen-bond donors (Lipinski definition) is 2. The lowest BCUT2D eigenvalue weighted by molar-refractivity contribution is 0.253. The fraction of sp³-hybridized carbons (Fsp3) is 1.00. The van der Waals surface area contributed by atoms with E-state index in [1.807, 2.05) is 20.8 Å². The minimum Gasteiger partial charge on any atom is -0.314 e. The largest absolute Gasteiger partial charge is 0.314 e. The van der Waals surface area contributed by atoms with Crippen LogP contribution >= 0.6 is 0 Å². The zero-order valence-corrected chi connectivity index (χ0v) is 11.9. The van der Waals surface area contributed by atoms with E-state index < -0.39 is 10.0 Å². The number of nitrogens with one attached hydrogen (secondary N) is 2. The smallest absolute Gasteiger partial charge is 0.213 e. The van der Waals surface area contributed by atoms with Gasteiger partial charge in [0.05, 0.1) is 5.75 Å². The molecule has 1 heterocycles. The first-order valence-electron chi connectivity index (χ1n) is 6.29. The highest BCUT2D eigenvalue weighted by Crippen LogP contribution is 2.09. The molecule has 0 spiro atoms. The van der Waals surface area contributed by atoms with Gasteiger partial charge in [0.1, 0.15) is 0 Å². The van der Waals surface area contributed by atoms with Gasteiger partial charge in [0.25, 0.3) is 0 Å². The second-order valence-corrected chi connectivity index (χ2v) is 7.09. The fourth-order valence-corrected chi connectivity index (χ4v) is 3.32. The molecule has 0 unspecified atom stereocenters. The molecule has 1 saturated heterocycles. The van der Waals surface area contributed by atoms with Crippen LogP contribution in [0.4, 0.5) is 0 Å². The van der Waals surface area contributed by atoms with E-state index in [-0.39, 0.29) is 11.3 Å². The van der Waals surface area contributed by atoms with Crippen LogP contribution in [0.5, 0.6) is 0 Å². The molecule has 1 aliphatic rings. The summed E-state index contributed by atoms with van der Waals surface area (Å²) in [5.41, 5.74) is -0.345. The Labute approximate surface area is 105 Å². The molecule has 0 radical (unpaired) electrons. The van der Waals surface area contributed by atoms with Crippen LogP contribution in [0.3, 0.4) is 0 Å². The van der Waals surface area contributed by atoms with Crippen LogP contribution in [-0.2, 0) is 10.0 Å². The molecule has 0 aliphatic carbocycles. The maximum Gasteiger partial charge on any atom is 0.213 e. The molecule has 17 heavy (non-hydrogen) atoms. The SMILES string of the molecule is CCC(C)(C)NS(=O)(=O)CCN1CCNCC1. The molecule has 0 aromatic rings. The van der Waals surface area contributed by atoms with Gasteiger partial charge >= 0.3 is 0 Å². The minimum absolute atomic E-state index is 0.191. The van der Waals surface area contributed by atoms with Crippen molar-refractivity contribution in [1.82, 2.24) is 14.9 Å². The van der Waals surface area contributed by atoms with Crippen molar-refractivity contribution in [3.63, 3.8) is 0 Å². The number of sulfonamides is 1. The van der Waals surface area contributed by atoms with E-state index in [4.69, 9.17) is 0 Å². The summed E-state index contributed by atoms with van der Waals surface area (Å²) >= 11 is 0. The molecule has 0 atom stereocenters. The molecular weight excluding hydrogens is 238 g/mol. The summed E-state index contributed by atoms with van der Waals surface area (Å²) in [4.78, 5) is 2.19. The first-order chi connectivity index (χ1) is 7.85. The van der Waals surface area contributed by atoms with Crippen LogP contribution < -0.4 is 10.0 Å². The normalized spacial score (nSPS) is 19.5. The molecule has 0 amide bonds. The van der Waals surface area contributed by atoms with Crippen molar-refractivity contribution < 1.29 is 8.42 Å². The summed E-state index contributed by atoms with van der Waals surface area (Å²) < 4.78 is 26.5. The molecule has 1 fully saturated rings. The highest BCUT2D eigenvalue weighted by molar-refractivity contribution is 7.89. The molecule has 1 aliphatic heterocycles. The van der Waals surface area contributed by atoms with Gasteiger partial charge in [-0.3, -0.25) is 4.90 Å². The van der Waals surface area contributed by atoms with Crippen LogP contribution in [0.1, 0.15) is 27.2 Å². The van der Waals surface area contributed by atoms with E-state index in [0.717, 1.165) is 32.6 Å². The number of rotatable bonds is 6.